The van der Waals surface area contributed by atoms with Crippen LogP contribution in [0.15, 0.2) is 0 Å². The summed E-state index contributed by atoms with van der Waals surface area (Å²) < 4.78 is 0. The maximum absolute atomic E-state index is 0. The van der Waals surface area contributed by atoms with Gasteiger partial charge in [-0.15, -0.1) is 0 Å². The zero-order chi connectivity index (χ0) is 0. The molecule has 0 atom stereocenters. The van der Waals surface area contributed by atoms with E-state index in [4.69, 9.17) is 0 Å². The summed E-state index contributed by atoms with van der Waals surface area (Å²) in [7, 11) is 0. The molecule has 0 fully saturated rings. The van der Waals surface area contributed by atoms with E-state index in [-0.39, 0.29) is 85.6 Å². The van der Waals surface area contributed by atoms with Crippen molar-refractivity contribution < 1.29 is 16.4 Å². The second-order valence-electron chi connectivity index (χ2n) is 0. The molecule has 0 heterocycles. The summed E-state index contributed by atoms with van der Waals surface area (Å²) in [5, 5.41) is 0. The summed E-state index contributed by atoms with van der Waals surface area (Å²) in [6.07, 6.45) is 0. The zero-order valence-electron chi connectivity index (χ0n) is 3.46. The summed E-state index contributed by atoms with van der Waals surface area (Å²) in [5.41, 5.74) is 0. The van der Waals surface area contributed by atoms with Gasteiger partial charge in [-0.05, 0) is 0 Å². The molecular weight excluding hydrogens is 121 g/mol. The van der Waals surface area contributed by atoms with E-state index in [0.717, 1.165) is 0 Å². The van der Waals surface area contributed by atoms with Crippen molar-refractivity contribution in [1.82, 2.24) is 0 Å². The fourth-order valence-corrected chi connectivity index (χ4v) is 0. The van der Waals surface area contributed by atoms with Gasteiger partial charge in [0.05, 0.1) is 0 Å². The van der Waals surface area contributed by atoms with E-state index in [1.54, 1.807) is 0 Å². The first-order chi connectivity index (χ1) is 0. The van der Waals surface area contributed by atoms with E-state index >= 15 is 0 Å². The van der Waals surface area contributed by atoms with Crippen LogP contribution in [-0.2, 0) is 0 Å². The number of rotatable bonds is 0. The minimum absolute atomic E-state index is 0. The van der Waals surface area contributed by atoms with Crippen molar-refractivity contribution in [2.75, 3.05) is 0 Å². The van der Waals surface area contributed by atoms with Crippen LogP contribution in [0.3, 0.4) is 0 Å². The Balaban J connectivity index is 0. The van der Waals surface area contributed by atoms with E-state index in [0.29, 0.717) is 0 Å². The molecule has 0 aromatic heterocycles. The molecule has 0 unspecified atom stereocenters. The van der Waals surface area contributed by atoms with Crippen LogP contribution in [0.1, 0.15) is 0 Å². The normalized spacial score (nSPS) is 0. The maximum atomic E-state index is 0. The molecule has 0 spiro atoms. The fraction of sp³-hybridized carbons (Fsp3) is 0. The van der Waals surface area contributed by atoms with Gasteiger partial charge in [-0.1, -0.05) is 0 Å². The summed E-state index contributed by atoms with van der Waals surface area (Å²) in [6.45, 7) is 0. The maximum Gasteiger partial charge on any atom is 2.00 e. The Kier molecular flexibility index (Phi) is 854. The average molecular weight is 124 g/mol. The van der Waals surface area contributed by atoms with Gasteiger partial charge in [-0.3, -0.25) is 0 Å². The fourth-order valence-electron chi connectivity index (χ4n) is 0. The van der Waals surface area contributed by atoms with Crippen molar-refractivity contribution in [2.45, 2.75) is 0 Å². The average Bonchev–Trinajstić information content (AvgIpc) is 0. The van der Waals surface area contributed by atoms with Crippen LogP contribution in [0.2, 0.25) is 0 Å². The summed E-state index contributed by atoms with van der Waals surface area (Å²) in [4.78, 5) is 0. The largest absolute Gasteiger partial charge is 2.00 e. The smallest absolute Gasteiger partial charge is 0.870 e. The molecule has 0 saturated heterocycles. The van der Waals surface area contributed by atoms with Crippen LogP contribution in [0.5, 0.6) is 0 Å². The molecular formula is H3Mg3O3+3. The van der Waals surface area contributed by atoms with Crippen LogP contribution in [0, 0.1) is 0 Å². The summed E-state index contributed by atoms with van der Waals surface area (Å²) in [6, 6.07) is 0. The van der Waals surface area contributed by atoms with E-state index in [9.17, 15) is 0 Å². The molecule has 0 radical (unpaired) electrons. The van der Waals surface area contributed by atoms with Crippen LogP contribution in [0.4, 0.5) is 0 Å². The zero-order valence-corrected chi connectivity index (χ0v) is 7.71. The molecule has 6 heteroatoms. The van der Waals surface area contributed by atoms with Gasteiger partial charge in [0.1, 0.15) is 0 Å². The van der Waals surface area contributed by atoms with Gasteiger partial charge in [-0.25, -0.2) is 0 Å². The third-order valence-corrected chi connectivity index (χ3v) is 0. The Morgan fingerprint density at radius 1 is 0.333 bits per heavy atom. The van der Waals surface area contributed by atoms with Crippen molar-refractivity contribution >= 4 is 69.2 Å². The molecule has 24 valence electrons. The first-order valence-corrected chi connectivity index (χ1v) is 0. The molecule has 0 amide bonds. The molecule has 0 aliphatic carbocycles. The number of hydrogen-bond donors (Lipinski definition) is 0. The Bertz CT molecular complexity index is 6.00. The van der Waals surface area contributed by atoms with Crippen molar-refractivity contribution in [3.05, 3.63) is 0 Å². The molecule has 0 aliphatic rings. The molecule has 0 saturated carbocycles. The van der Waals surface area contributed by atoms with Crippen molar-refractivity contribution in [2.24, 2.45) is 0 Å². The second kappa shape index (κ2) is 57.7. The standard InChI is InChI=1S/3Mg.3H2O/h;;;3*1H2/q3*+2;;;/p-3. The Morgan fingerprint density at radius 3 is 0.333 bits per heavy atom. The van der Waals surface area contributed by atoms with E-state index in [1.807, 2.05) is 0 Å². The van der Waals surface area contributed by atoms with Crippen LogP contribution in [0.25, 0.3) is 0 Å². The Labute approximate surface area is 84.6 Å². The third kappa shape index (κ3) is 34.9. The Hall–Kier alpha value is 2.18. The minimum Gasteiger partial charge on any atom is -0.870 e. The van der Waals surface area contributed by atoms with Crippen molar-refractivity contribution in [3.63, 3.8) is 0 Å². The molecule has 6 heavy (non-hydrogen) atoms. The van der Waals surface area contributed by atoms with Crippen LogP contribution in [-0.4, -0.2) is 85.6 Å². The quantitative estimate of drug-likeness (QED) is 0.361. The van der Waals surface area contributed by atoms with Crippen molar-refractivity contribution in [3.8, 4) is 0 Å². The molecule has 3 N–H and O–H groups in total. The minimum atomic E-state index is 0. The summed E-state index contributed by atoms with van der Waals surface area (Å²) >= 11 is 0. The first kappa shape index (κ1) is 88.8. The van der Waals surface area contributed by atoms with Crippen LogP contribution < -0.4 is 0 Å². The predicted octanol–water partition coefficient (Wildman–Crippen LogP) is -1.67. The molecule has 0 aliphatic heterocycles. The SMILES string of the molecule is [Mg+2].[Mg+2].[Mg+2].[OH-].[OH-].[OH-]. The first-order valence-electron chi connectivity index (χ1n) is 0. The van der Waals surface area contributed by atoms with Gasteiger partial charge in [-0.2, -0.15) is 0 Å². The molecule has 3 nitrogen and oxygen atoms in total. The van der Waals surface area contributed by atoms with Gasteiger partial charge < -0.3 is 16.4 Å². The van der Waals surface area contributed by atoms with Crippen molar-refractivity contribution in [1.29, 1.82) is 0 Å². The topological polar surface area (TPSA) is 90.0 Å². The van der Waals surface area contributed by atoms with Gasteiger partial charge in [0.15, 0.2) is 0 Å². The third-order valence-electron chi connectivity index (χ3n) is 0. The van der Waals surface area contributed by atoms with E-state index in [2.05, 4.69) is 0 Å². The molecule has 0 aromatic carbocycles. The monoisotopic (exact) mass is 123 g/mol. The van der Waals surface area contributed by atoms with Gasteiger partial charge in [0, 0.05) is 0 Å². The van der Waals surface area contributed by atoms with Gasteiger partial charge in [0.2, 0.25) is 0 Å². The Morgan fingerprint density at radius 2 is 0.333 bits per heavy atom. The van der Waals surface area contributed by atoms with E-state index < -0.39 is 0 Å². The molecule has 0 aromatic rings. The predicted molar refractivity (Wildman–Crippen MR) is 23.1 cm³/mol. The molecule has 0 rings (SSSR count). The molecule has 0 bridgehead atoms. The van der Waals surface area contributed by atoms with Gasteiger partial charge in [0.25, 0.3) is 0 Å². The second-order valence-corrected chi connectivity index (χ2v) is 0. The number of hydrogen-bond acceptors (Lipinski definition) is 3. The van der Waals surface area contributed by atoms with E-state index in [1.165, 1.54) is 0 Å². The van der Waals surface area contributed by atoms with Gasteiger partial charge >= 0.3 is 69.2 Å². The van der Waals surface area contributed by atoms with Crippen LogP contribution >= 0.6 is 0 Å². The summed E-state index contributed by atoms with van der Waals surface area (Å²) in [5.74, 6) is 0.